The van der Waals surface area contributed by atoms with Crippen LogP contribution in [0, 0.1) is 19.4 Å². The predicted molar refractivity (Wildman–Crippen MR) is 65.2 cm³/mol. The maximum atomic E-state index is 11.8. The molecule has 0 aliphatic heterocycles. The summed E-state index contributed by atoms with van der Waals surface area (Å²) in [6, 6.07) is 6.49. The second kappa shape index (κ2) is 14.1. The first-order chi connectivity index (χ1) is 7.09. The Balaban J connectivity index is -0.000000464. The molecule has 95 valence electrons. The fourth-order valence-corrected chi connectivity index (χ4v) is 1.84. The van der Waals surface area contributed by atoms with Gasteiger partial charge in [-0.05, 0) is 0 Å². The van der Waals surface area contributed by atoms with Gasteiger partial charge in [0.25, 0.3) is 0 Å². The molecule has 0 bridgehead atoms. The maximum Gasteiger partial charge on any atom is 0.0110 e. The van der Waals surface area contributed by atoms with Crippen molar-refractivity contribution in [3.8, 4) is 0 Å². The molecule has 0 aromatic heterocycles. The average Bonchev–Trinajstić information content (AvgIpc) is 2.23. The van der Waals surface area contributed by atoms with Crippen molar-refractivity contribution >= 4 is 27.7 Å². The van der Waals surface area contributed by atoms with Crippen LogP contribution >= 0.6 is 27.7 Å². The van der Waals surface area contributed by atoms with E-state index < -0.39 is 6.43 Å². The average molecular weight is 568 g/mol. The van der Waals surface area contributed by atoms with Crippen LogP contribution in [0.5, 0.6) is 0 Å². The minimum Gasteiger partial charge on any atom is -0.420 e. The monoisotopic (exact) mass is 567 g/mol. The Bertz CT molecular complexity index is 301. The van der Waals surface area contributed by atoms with E-state index in [9.17, 15) is 8.78 Å². The molecule has 1 aromatic rings. The summed E-state index contributed by atoms with van der Waals surface area (Å²) in [4.78, 5) is 0.727. The minimum absolute atomic E-state index is 0. The predicted octanol–water partition coefficient (Wildman–Crippen LogP) is 5.10. The SMILES string of the molecule is CC.Cc1c[c-]c(SC[C-](F)F)cc1Br.[W].[Y]. The second-order valence-electron chi connectivity index (χ2n) is 2.46. The Morgan fingerprint density at radius 2 is 1.94 bits per heavy atom. The fourth-order valence-electron chi connectivity index (χ4n) is 0.735. The summed E-state index contributed by atoms with van der Waals surface area (Å²) in [5.41, 5.74) is 1.05. The smallest absolute Gasteiger partial charge is 0.0110 e. The zero-order valence-corrected chi connectivity index (χ0v) is 18.1. The van der Waals surface area contributed by atoms with Crippen LogP contribution in [0.3, 0.4) is 0 Å². The summed E-state index contributed by atoms with van der Waals surface area (Å²) >= 11 is 4.40. The van der Waals surface area contributed by atoms with Crippen molar-refractivity contribution in [2.45, 2.75) is 25.7 Å². The molecule has 0 nitrogen and oxygen atoms in total. The molecule has 1 rings (SSSR count). The summed E-state index contributed by atoms with van der Waals surface area (Å²) in [6.45, 7) is 5.93. The van der Waals surface area contributed by atoms with Gasteiger partial charge in [0.2, 0.25) is 0 Å². The zero-order valence-electron chi connectivity index (χ0n) is 9.89. The van der Waals surface area contributed by atoms with Crippen LogP contribution in [-0.4, -0.2) is 5.75 Å². The number of halogens is 3. The standard InChI is InChI=1S/C9H7BrF2S.C2H6.W.Y/c1-6-2-3-7(4-8(6)10)13-5-9(11)12;1-2;;/h2,4H,5H2,1H3;1-2H3;;/q-2;;;. The number of benzene rings is 1. The number of rotatable bonds is 3. The summed E-state index contributed by atoms with van der Waals surface area (Å²) in [5.74, 6) is -0.258. The van der Waals surface area contributed by atoms with Gasteiger partial charge in [-0.25, -0.2) is 0 Å². The van der Waals surface area contributed by atoms with Crippen molar-refractivity contribution in [2.24, 2.45) is 0 Å². The van der Waals surface area contributed by atoms with Crippen LogP contribution < -0.4 is 0 Å². The summed E-state index contributed by atoms with van der Waals surface area (Å²) in [7, 11) is 0. The van der Waals surface area contributed by atoms with Crippen molar-refractivity contribution in [2.75, 3.05) is 5.75 Å². The Morgan fingerprint density at radius 1 is 1.41 bits per heavy atom. The molecule has 0 aliphatic rings. The number of thioether (sulfide) groups is 1. The molecular weight excluding hydrogens is 555 g/mol. The molecule has 0 spiro atoms. The summed E-state index contributed by atoms with van der Waals surface area (Å²) in [5, 5.41) is 0. The van der Waals surface area contributed by atoms with Crippen molar-refractivity contribution < 1.29 is 62.6 Å². The van der Waals surface area contributed by atoms with Crippen molar-refractivity contribution in [3.05, 3.63) is 34.7 Å². The van der Waals surface area contributed by atoms with Crippen molar-refractivity contribution in [3.63, 3.8) is 0 Å². The summed E-state index contributed by atoms with van der Waals surface area (Å²) in [6.07, 6.45) is -1.56. The van der Waals surface area contributed by atoms with Gasteiger partial charge in [-0.1, -0.05) is 46.9 Å². The van der Waals surface area contributed by atoms with E-state index in [-0.39, 0.29) is 59.5 Å². The van der Waals surface area contributed by atoms with Gasteiger partial charge in [0.05, 0.1) is 0 Å². The Hall–Kier alpha value is 1.70. The van der Waals surface area contributed by atoms with Gasteiger partial charge in [0.1, 0.15) is 0 Å². The number of aryl methyl sites for hydroxylation is 1. The molecule has 0 N–H and O–H groups in total. The Morgan fingerprint density at radius 3 is 2.35 bits per heavy atom. The normalized spacial score (nSPS) is 8.65. The molecule has 0 aliphatic carbocycles. The molecule has 0 saturated carbocycles. The molecule has 1 radical (unpaired) electrons. The van der Waals surface area contributed by atoms with E-state index in [1.165, 1.54) is 0 Å². The Kier molecular flexibility index (Phi) is 19.7. The second-order valence-corrected chi connectivity index (χ2v) is 4.33. The molecule has 0 atom stereocenters. The first-order valence-electron chi connectivity index (χ1n) is 4.57. The molecule has 0 saturated heterocycles. The van der Waals surface area contributed by atoms with E-state index in [2.05, 4.69) is 22.0 Å². The molecule has 1 aromatic carbocycles. The van der Waals surface area contributed by atoms with Crippen LogP contribution in [0.2, 0.25) is 0 Å². The Labute approximate surface area is 154 Å². The van der Waals surface area contributed by atoms with E-state index in [1.54, 1.807) is 12.1 Å². The van der Waals surface area contributed by atoms with Gasteiger partial charge in [-0.3, -0.25) is 0 Å². The van der Waals surface area contributed by atoms with Gasteiger partial charge in [0, 0.05) is 60.2 Å². The first-order valence-corrected chi connectivity index (χ1v) is 6.35. The number of hydrogen-bond donors (Lipinski definition) is 0. The molecule has 0 amide bonds. The van der Waals surface area contributed by atoms with E-state index in [1.807, 2.05) is 20.8 Å². The first kappa shape index (κ1) is 23.8. The van der Waals surface area contributed by atoms with Gasteiger partial charge >= 0.3 is 0 Å². The molecule has 0 fully saturated rings. The van der Waals surface area contributed by atoms with Gasteiger partial charge in [0.15, 0.2) is 0 Å². The van der Waals surface area contributed by atoms with Gasteiger partial charge in [-0.2, -0.15) is 23.9 Å². The van der Waals surface area contributed by atoms with Crippen LogP contribution in [0.1, 0.15) is 19.4 Å². The van der Waals surface area contributed by atoms with E-state index in [0.29, 0.717) is 0 Å². The third kappa shape index (κ3) is 11.2. The number of hydrogen-bond acceptors (Lipinski definition) is 1. The van der Waals surface area contributed by atoms with E-state index in [4.69, 9.17) is 0 Å². The van der Waals surface area contributed by atoms with E-state index >= 15 is 0 Å². The third-order valence-corrected chi connectivity index (χ3v) is 3.17. The van der Waals surface area contributed by atoms with E-state index in [0.717, 1.165) is 26.7 Å². The topological polar surface area (TPSA) is 0 Å². The van der Waals surface area contributed by atoms with Gasteiger partial charge in [-0.15, -0.1) is 16.5 Å². The van der Waals surface area contributed by atoms with Gasteiger partial charge < -0.3 is 8.78 Å². The maximum absolute atomic E-state index is 11.8. The molecule has 0 unspecified atom stereocenters. The van der Waals surface area contributed by atoms with Crippen LogP contribution in [-0.2, 0) is 53.8 Å². The summed E-state index contributed by atoms with van der Waals surface area (Å²) < 4.78 is 24.5. The molecule has 0 heterocycles. The van der Waals surface area contributed by atoms with Crippen LogP contribution in [0.15, 0.2) is 21.5 Å². The molecule has 6 heteroatoms. The van der Waals surface area contributed by atoms with Crippen molar-refractivity contribution in [1.29, 1.82) is 0 Å². The van der Waals surface area contributed by atoms with Crippen LogP contribution in [0.4, 0.5) is 8.78 Å². The largest absolute Gasteiger partial charge is 0.420 e. The van der Waals surface area contributed by atoms with Crippen molar-refractivity contribution in [1.82, 2.24) is 0 Å². The molecule has 17 heavy (non-hydrogen) atoms. The quantitative estimate of drug-likeness (QED) is 0.362. The van der Waals surface area contributed by atoms with Crippen LogP contribution in [0.25, 0.3) is 0 Å². The molecular formula is C11H13BrF2SWY-2. The minimum atomic E-state index is -1.56. The third-order valence-electron chi connectivity index (χ3n) is 1.40. The zero-order chi connectivity index (χ0) is 11.8. The fraction of sp³-hybridized carbons (Fsp3) is 0.364.